The Kier molecular flexibility index (Phi) is 4.62. The molecule has 6 nitrogen and oxygen atoms in total. The van der Waals surface area contributed by atoms with Gasteiger partial charge in [0.15, 0.2) is 5.82 Å². The van der Waals surface area contributed by atoms with Crippen LogP contribution in [0.25, 0.3) is 11.4 Å². The van der Waals surface area contributed by atoms with Crippen LogP contribution in [0.3, 0.4) is 0 Å². The largest absolute Gasteiger partial charge is 0.507 e. The smallest absolute Gasteiger partial charge is 0.216 e. The van der Waals surface area contributed by atoms with Gasteiger partial charge in [0.2, 0.25) is 4.77 Å². The van der Waals surface area contributed by atoms with Gasteiger partial charge in [0.1, 0.15) is 5.75 Å². The van der Waals surface area contributed by atoms with Crippen molar-refractivity contribution in [3.63, 3.8) is 0 Å². The van der Waals surface area contributed by atoms with Crippen LogP contribution in [0.1, 0.15) is 11.1 Å². The van der Waals surface area contributed by atoms with Crippen molar-refractivity contribution in [2.24, 2.45) is 5.10 Å². The molecule has 0 atom stereocenters. The van der Waals surface area contributed by atoms with Crippen LogP contribution in [-0.4, -0.2) is 31.2 Å². The van der Waals surface area contributed by atoms with Crippen LogP contribution < -0.4 is 0 Å². The molecule has 3 rings (SSSR count). The first-order valence-corrected chi connectivity index (χ1v) is 7.65. The van der Waals surface area contributed by atoms with Gasteiger partial charge in [-0.15, -0.1) is 6.58 Å². The minimum Gasteiger partial charge on any atom is -0.507 e. The number of phenols is 1. The minimum atomic E-state index is 0.180. The van der Waals surface area contributed by atoms with Crippen molar-refractivity contribution in [2.75, 3.05) is 0 Å². The summed E-state index contributed by atoms with van der Waals surface area (Å²) in [6.07, 6.45) is 7.23. The Labute approximate surface area is 143 Å². The molecule has 2 heterocycles. The number of para-hydroxylation sites is 1. The first-order chi connectivity index (χ1) is 11.7. The fourth-order valence-corrected chi connectivity index (χ4v) is 2.42. The summed E-state index contributed by atoms with van der Waals surface area (Å²) in [7, 11) is 0. The van der Waals surface area contributed by atoms with E-state index in [-0.39, 0.29) is 5.75 Å². The molecule has 0 saturated carbocycles. The summed E-state index contributed by atoms with van der Waals surface area (Å²) in [6.45, 7) is 3.69. The number of rotatable bonds is 5. The van der Waals surface area contributed by atoms with Crippen molar-refractivity contribution in [1.29, 1.82) is 0 Å². The maximum atomic E-state index is 10.3. The van der Waals surface area contributed by atoms with Gasteiger partial charge >= 0.3 is 0 Å². The molecule has 3 aromatic rings. The summed E-state index contributed by atoms with van der Waals surface area (Å²) in [6, 6.07) is 9.16. The number of benzene rings is 1. The summed E-state index contributed by atoms with van der Waals surface area (Å²) in [5, 5.41) is 21.6. The lowest BCUT2D eigenvalue weighted by molar-refractivity contribution is 0.469. The molecule has 120 valence electrons. The molecule has 0 fully saturated rings. The highest BCUT2D eigenvalue weighted by molar-refractivity contribution is 7.71. The SMILES string of the molecule is C=CCc1cccc(/C=N/n2c(-c3cccnc3)n[nH]c2=S)c1O. The molecular formula is C17H15N5OS. The predicted octanol–water partition coefficient (Wildman–Crippen LogP) is 3.32. The lowest BCUT2D eigenvalue weighted by atomic mass is 10.1. The normalized spacial score (nSPS) is 11.0. The Morgan fingerprint density at radius 3 is 2.96 bits per heavy atom. The summed E-state index contributed by atoms with van der Waals surface area (Å²) < 4.78 is 1.85. The van der Waals surface area contributed by atoms with Crippen LogP contribution in [0.5, 0.6) is 5.75 Å². The zero-order valence-corrected chi connectivity index (χ0v) is 13.6. The van der Waals surface area contributed by atoms with Crippen LogP contribution in [0.15, 0.2) is 60.5 Å². The van der Waals surface area contributed by atoms with Crippen molar-refractivity contribution in [3.05, 3.63) is 71.3 Å². The molecule has 0 aliphatic carbocycles. The van der Waals surface area contributed by atoms with E-state index in [2.05, 4.69) is 26.9 Å². The molecule has 0 radical (unpaired) electrons. The molecule has 0 amide bonds. The van der Waals surface area contributed by atoms with Crippen LogP contribution in [-0.2, 0) is 6.42 Å². The van der Waals surface area contributed by atoms with Crippen LogP contribution in [0.4, 0.5) is 0 Å². The monoisotopic (exact) mass is 337 g/mol. The molecule has 2 aromatic heterocycles. The maximum absolute atomic E-state index is 10.3. The first-order valence-electron chi connectivity index (χ1n) is 7.24. The zero-order chi connectivity index (χ0) is 16.9. The molecule has 2 N–H and O–H groups in total. The number of pyridine rings is 1. The quantitative estimate of drug-likeness (QED) is 0.425. The molecule has 0 saturated heterocycles. The third-order valence-corrected chi connectivity index (χ3v) is 3.66. The van der Waals surface area contributed by atoms with E-state index in [4.69, 9.17) is 12.2 Å². The van der Waals surface area contributed by atoms with Crippen molar-refractivity contribution in [2.45, 2.75) is 6.42 Å². The second kappa shape index (κ2) is 7.01. The fraction of sp³-hybridized carbons (Fsp3) is 0.0588. The summed E-state index contributed by atoms with van der Waals surface area (Å²) in [5.74, 6) is 0.727. The van der Waals surface area contributed by atoms with E-state index < -0.39 is 0 Å². The van der Waals surface area contributed by atoms with Crippen molar-refractivity contribution in [3.8, 4) is 17.1 Å². The number of nitrogens with zero attached hydrogens (tertiary/aromatic N) is 4. The number of aromatic amines is 1. The molecule has 24 heavy (non-hydrogen) atoms. The highest BCUT2D eigenvalue weighted by Crippen LogP contribution is 2.22. The van der Waals surface area contributed by atoms with E-state index in [9.17, 15) is 5.11 Å². The van der Waals surface area contributed by atoms with Gasteiger partial charge < -0.3 is 5.11 Å². The van der Waals surface area contributed by atoms with Gasteiger partial charge in [0.05, 0.1) is 6.21 Å². The van der Waals surface area contributed by atoms with Gasteiger partial charge in [-0.2, -0.15) is 14.9 Å². The molecule has 0 aliphatic rings. The predicted molar refractivity (Wildman–Crippen MR) is 95.6 cm³/mol. The van der Waals surface area contributed by atoms with E-state index in [1.54, 1.807) is 30.8 Å². The molecule has 0 bridgehead atoms. The van der Waals surface area contributed by atoms with E-state index in [1.165, 1.54) is 4.68 Å². The number of phenolic OH excluding ortho intramolecular Hbond substituents is 1. The van der Waals surface area contributed by atoms with Gasteiger partial charge in [-0.1, -0.05) is 18.2 Å². The van der Waals surface area contributed by atoms with E-state index in [0.29, 0.717) is 22.6 Å². The standard InChI is InChI=1S/C17H15N5OS/c1-2-5-12-6-3-7-13(15(12)23)11-19-22-16(20-21-17(22)24)14-8-4-9-18-10-14/h2-4,6-11,23H,1,5H2,(H,21,24)/b19-11+. The number of hydrogen-bond acceptors (Lipinski definition) is 5. The second-order valence-corrected chi connectivity index (χ2v) is 5.38. The van der Waals surface area contributed by atoms with Crippen LogP contribution in [0.2, 0.25) is 0 Å². The number of aromatic nitrogens is 4. The Morgan fingerprint density at radius 2 is 2.21 bits per heavy atom. The Balaban J connectivity index is 2.00. The third kappa shape index (κ3) is 3.16. The lowest BCUT2D eigenvalue weighted by Crippen LogP contribution is -1.96. The Bertz CT molecular complexity index is 943. The van der Waals surface area contributed by atoms with Crippen LogP contribution >= 0.6 is 12.2 Å². The summed E-state index contributed by atoms with van der Waals surface area (Å²) in [4.78, 5) is 4.07. The van der Waals surface area contributed by atoms with Gasteiger partial charge in [0.25, 0.3) is 0 Å². The molecule has 1 aromatic carbocycles. The molecule has 0 aliphatic heterocycles. The van der Waals surface area contributed by atoms with Crippen LogP contribution in [0, 0.1) is 4.77 Å². The minimum absolute atomic E-state index is 0.180. The second-order valence-electron chi connectivity index (χ2n) is 5.00. The highest BCUT2D eigenvalue weighted by Gasteiger charge is 2.09. The Morgan fingerprint density at radius 1 is 1.33 bits per heavy atom. The van der Waals surface area contributed by atoms with E-state index in [0.717, 1.165) is 11.1 Å². The first kappa shape index (κ1) is 15.8. The van der Waals surface area contributed by atoms with E-state index >= 15 is 0 Å². The summed E-state index contributed by atoms with van der Waals surface area (Å²) >= 11 is 5.22. The molecular weight excluding hydrogens is 322 g/mol. The van der Waals surface area contributed by atoms with Crippen molar-refractivity contribution < 1.29 is 5.11 Å². The molecule has 7 heteroatoms. The van der Waals surface area contributed by atoms with Gasteiger partial charge in [-0.3, -0.25) is 4.98 Å². The van der Waals surface area contributed by atoms with E-state index in [1.807, 2.05) is 24.3 Å². The number of nitrogens with one attached hydrogen (secondary N) is 1. The highest BCUT2D eigenvalue weighted by atomic mass is 32.1. The number of H-pyrrole nitrogens is 1. The topological polar surface area (TPSA) is 79.1 Å². The van der Waals surface area contributed by atoms with Gasteiger partial charge in [-0.05, 0) is 42.4 Å². The fourth-order valence-electron chi connectivity index (χ4n) is 2.24. The Hall–Kier alpha value is -3.06. The maximum Gasteiger partial charge on any atom is 0.216 e. The molecule has 0 unspecified atom stereocenters. The number of allylic oxidation sites excluding steroid dienone is 1. The average Bonchev–Trinajstić information content (AvgIpc) is 2.97. The average molecular weight is 337 g/mol. The van der Waals surface area contributed by atoms with Gasteiger partial charge in [-0.25, -0.2) is 5.10 Å². The lowest BCUT2D eigenvalue weighted by Gasteiger charge is -2.05. The molecule has 0 spiro atoms. The zero-order valence-electron chi connectivity index (χ0n) is 12.8. The number of hydrogen-bond donors (Lipinski definition) is 2. The van der Waals surface area contributed by atoms with Crippen molar-refractivity contribution in [1.82, 2.24) is 19.9 Å². The number of aromatic hydroxyl groups is 1. The summed E-state index contributed by atoms with van der Waals surface area (Å²) in [5.41, 5.74) is 2.17. The van der Waals surface area contributed by atoms with Gasteiger partial charge in [0, 0.05) is 23.5 Å². The third-order valence-electron chi connectivity index (χ3n) is 3.40. The van der Waals surface area contributed by atoms with Crippen molar-refractivity contribution >= 4 is 18.4 Å².